The Bertz CT molecular complexity index is 1210. The number of benzene rings is 2. The lowest BCUT2D eigenvalue weighted by Gasteiger charge is -2.39. The fraction of sp³-hybridized carbons (Fsp3) is 0.333. The van der Waals surface area contributed by atoms with Crippen LogP contribution in [0.4, 0.5) is 0 Å². The highest BCUT2D eigenvalue weighted by Crippen LogP contribution is 2.37. The molecule has 2 aromatic carbocycles. The van der Waals surface area contributed by atoms with Gasteiger partial charge in [0.05, 0.1) is 10.5 Å². The first-order valence-corrected chi connectivity index (χ1v) is 12.1. The molecule has 0 radical (unpaired) electrons. The average Bonchev–Trinajstić information content (AvgIpc) is 2.84. The van der Waals surface area contributed by atoms with Gasteiger partial charge >= 0.3 is 5.97 Å². The fourth-order valence-corrected chi connectivity index (χ4v) is 5.99. The topological polar surface area (TPSA) is 133 Å². The van der Waals surface area contributed by atoms with Crippen molar-refractivity contribution >= 4 is 34.1 Å². The highest BCUT2D eigenvalue weighted by atomic mass is 35.5. The molecule has 1 aliphatic rings. The zero-order chi connectivity index (χ0) is 24.8. The number of sulfone groups is 1. The molecule has 0 unspecified atom stereocenters. The second kappa shape index (κ2) is 12.0. The number of hydrogen-bond donors (Lipinski definition) is 3. The number of nitrogens with zero attached hydrogens (tertiary/aromatic N) is 1. The summed E-state index contributed by atoms with van der Waals surface area (Å²) in [5, 5.41) is 18.8. The van der Waals surface area contributed by atoms with E-state index in [4.69, 9.17) is 4.74 Å². The molecule has 3 N–H and O–H groups in total. The summed E-state index contributed by atoms with van der Waals surface area (Å²) in [5.41, 5.74) is 2.30. The van der Waals surface area contributed by atoms with Gasteiger partial charge in [-0.25, -0.2) is 18.7 Å². The average molecular weight is 523 g/mol. The molecule has 1 aliphatic heterocycles. The number of carboxylic acids is 1. The minimum Gasteiger partial charge on any atom is -0.481 e. The lowest BCUT2D eigenvalue weighted by atomic mass is 9.94. The van der Waals surface area contributed by atoms with Crippen molar-refractivity contribution in [1.82, 2.24) is 10.4 Å². The number of halogens is 1. The standard InChI is InChI=1S/C24H26N2O7S.ClH/c1-2-3-16-33-19-8-10-20(11-9-19)34(31,32)24(23(29)25-30)12-14-26(15-13-24)17-18-6-4-5-7-21(18)22(27)28;/h4-11,30H,12-17H2,1H3,(H,25,29)(H,27,28);1H. The van der Waals surface area contributed by atoms with Crippen molar-refractivity contribution in [1.29, 1.82) is 0 Å². The molecule has 1 fully saturated rings. The van der Waals surface area contributed by atoms with Crippen molar-refractivity contribution in [3.8, 4) is 17.6 Å². The first-order valence-electron chi connectivity index (χ1n) is 10.6. The predicted molar refractivity (Wildman–Crippen MR) is 130 cm³/mol. The van der Waals surface area contributed by atoms with E-state index in [1.165, 1.54) is 35.8 Å². The van der Waals surface area contributed by atoms with E-state index in [0.29, 0.717) is 17.9 Å². The van der Waals surface area contributed by atoms with Crippen molar-refractivity contribution in [2.75, 3.05) is 19.7 Å². The summed E-state index contributed by atoms with van der Waals surface area (Å²) in [6.07, 6.45) is -0.136. The van der Waals surface area contributed by atoms with Crippen molar-refractivity contribution in [2.24, 2.45) is 0 Å². The SMILES string of the molecule is CC#CCOc1ccc(S(=O)(=O)C2(C(=O)NO)CCN(Cc3ccccc3C(=O)O)CC2)cc1.Cl. The summed E-state index contributed by atoms with van der Waals surface area (Å²) in [5.74, 6) is 3.85. The van der Waals surface area contributed by atoms with Gasteiger partial charge in [0, 0.05) is 19.6 Å². The molecule has 1 heterocycles. The molecule has 0 aliphatic carbocycles. The van der Waals surface area contributed by atoms with Gasteiger partial charge in [0.1, 0.15) is 12.4 Å². The van der Waals surface area contributed by atoms with Gasteiger partial charge in [-0.3, -0.25) is 14.9 Å². The number of hydrogen-bond acceptors (Lipinski definition) is 7. The number of amides is 1. The zero-order valence-electron chi connectivity index (χ0n) is 19.1. The molecule has 0 atom stereocenters. The van der Waals surface area contributed by atoms with Crippen LogP contribution in [0.3, 0.4) is 0 Å². The van der Waals surface area contributed by atoms with E-state index in [1.54, 1.807) is 25.1 Å². The molecule has 2 aromatic rings. The normalized spacial score (nSPS) is 15.1. The Morgan fingerprint density at radius 2 is 1.74 bits per heavy atom. The van der Waals surface area contributed by atoms with Gasteiger partial charge in [-0.15, -0.1) is 18.3 Å². The van der Waals surface area contributed by atoms with Gasteiger partial charge in [0.2, 0.25) is 0 Å². The Labute approximate surface area is 210 Å². The highest BCUT2D eigenvalue weighted by molar-refractivity contribution is 7.93. The lowest BCUT2D eigenvalue weighted by Crippen LogP contribution is -2.57. The van der Waals surface area contributed by atoms with Crippen LogP contribution in [0.2, 0.25) is 0 Å². The van der Waals surface area contributed by atoms with Gasteiger partial charge < -0.3 is 9.84 Å². The number of ether oxygens (including phenoxy) is 1. The third-order valence-corrected chi connectivity index (χ3v) is 8.47. The summed E-state index contributed by atoms with van der Waals surface area (Å²) in [6, 6.07) is 12.3. The van der Waals surface area contributed by atoms with Crippen LogP contribution in [-0.4, -0.2) is 60.0 Å². The summed E-state index contributed by atoms with van der Waals surface area (Å²) in [7, 11) is -4.17. The maximum absolute atomic E-state index is 13.6. The molecule has 0 saturated carbocycles. The van der Waals surface area contributed by atoms with E-state index >= 15 is 0 Å². The number of carbonyl (C=O) groups is 2. The number of piperidine rings is 1. The molecule has 3 rings (SSSR count). The predicted octanol–water partition coefficient (Wildman–Crippen LogP) is 2.52. The molecule has 9 nitrogen and oxygen atoms in total. The molecule has 1 saturated heterocycles. The van der Waals surface area contributed by atoms with Crippen LogP contribution in [0, 0.1) is 11.8 Å². The highest BCUT2D eigenvalue weighted by Gasteiger charge is 2.52. The number of carbonyl (C=O) groups excluding carboxylic acids is 1. The Kier molecular flexibility index (Phi) is 9.68. The maximum Gasteiger partial charge on any atom is 0.336 e. The Balaban J connectivity index is 0.00000432. The van der Waals surface area contributed by atoms with Crippen molar-refractivity contribution in [3.05, 3.63) is 59.7 Å². The van der Waals surface area contributed by atoms with E-state index in [1.807, 2.05) is 4.90 Å². The number of nitrogens with one attached hydrogen (secondary N) is 1. The van der Waals surface area contributed by atoms with Gasteiger partial charge in [-0.2, -0.15) is 0 Å². The zero-order valence-corrected chi connectivity index (χ0v) is 20.7. The molecule has 0 bridgehead atoms. The quantitative estimate of drug-likeness (QED) is 0.273. The number of likely N-dealkylation sites (tertiary alicyclic amines) is 1. The second-order valence-electron chi connectivity index (χ2n) is 7.86. The van der Waals surface area contributed by atoms with Crippen molar-refractivity contribution in [3.63, 3.8) is 0 Å². The molecule has 188 valence electrons. The van der Waals surface area contributed by atoms with Gasteiger partial charge in [0.25, 0.3) is 5.91 Å². The van der Waals surface area contributed by atoms with Crippen LogP contribution in [0.1, 0.15) is 35.7 Å². The summed E-state index contributed by atoms with van der Waals surface area (Å²) < 4.78 is 30.7. The van der Waals surface area contributed by atoms with E-state index in [2.05, 4.69) is 11.8 Å². The number of hydroxylamine groups is 1. The van der Waals surface area contributed by atoms with Crippen LogP contribution in [0.5, 0.6) is 5.75 Å². The monoisotopic (exact) mass is 522 g/mol. The van der Waals surface area contributed by atoms with Crippen molar-refractivity contribution in [2.45, 2.75) is 36.0 Å². The van der Waals surface area contributed by atoms with Gasteiger partial charge in [0.15, 0.2) is 14.6 Å². The van der Waals surface area contributed by atoms with E-state index in [9.17, 15) is 28.3 Å². The molecule has 1 amide bonds. The Hall–Kier alpha value is -3.10. The smallest absolute Gasteiger partial charge is 0.336 e. The maximum atomic E-state index is 13.6. The largest absolute Gasteiger partial charge is 0.481 e. The molecule has 35 heavy (non-hydrogen) atoms. The molecular formula is C24H27ClN2O7S. The van der Waals surface area contributed by atoms with Crippen molar-refractivity contribution < 1.29 is 33.1 Å². The summed E-state index contributed by atoms with van der Waals surface area (Å²) >= 11 is 0. The second-order valence-corrected chi connectivity index (χ2v) is 10.1. The van der Waals surface area contributed by atoms with Crippen LogP contribution in [0.15, 0.2) is 53.4 Å². The molecule has 0 aromatic heterocycles. The van der Waals surface area contributed by atoms with Crippen LogP contribution in [0.25, 0.3) is 0 Å². The van der Waals surface area contributed by atoms with Crippen LogP contribution in [-0.2, 0) is 21.2 Å². The number of carboxylic acid groups (broad SMARTS) is 1. The minimum atomic E-state index is -4.17. The summed E-state index contributed by atoms with van der Waals surface area (Å²) in [4.78, 5) is 26.0. The van der Waals surface area contributed by atoms with Gasteiger partial charge in [-0.1, -0.05) is 24.1 Å². The third-order valence-electron chi connectivity index (χ3n) is 5.96. The molecular weight excluding hydrogens is 496 g/mol. The minimum absolute atomic E-state index is 0. The number of aromatic carboxylic acids is 1. The first-order chi connectivity index (χ1) is 16.2. The summed E-state index contributed by atoms with van der Waals surface area (Å²) in [6.45, 7) is 2.59. The van der Waals surface area contributed by atoms with Crippen LogP contribution >= 0.6 is 12.4 Å². The molecule has 0 spiro atoms. The van der Waals surface area contributed by atoms with Crippen LogP contribution < -0.4 is 10.2 Å². The first kappa shape index (κ1) is 28.1. The van der Waals surface area contributed by atoms with E-state index in [-0.39, 0.29) is 55.4 Å². The van der Waals surface area contributed by atoms with E-state index in [0.717, 1.165) is 0 Å². The van der Waals surface area contributed by atoms with Gasteiger partial charge in [-0.05, 0) is 55.7 Å². The number of rotatable bonds is 8. The Morgan fingerprint density at radius 3 is 2.31 bits per heavy atom. The van der Waals surface area contributed by atoms with E-state index < -0.39 is 26.5 Å². The Morgan fingerprint density at radius 1 is 1.11 bits per heavy atom. The third kappa shape index (κ3) is 5.94. The molecule has 11 heteroatoms. The fourth-order valence-electron chi connectivity index (χ4n) is 4.03. The lowest BCUT2D eigenvalue weighted by molar-refractivity contribution is -0.133.